The first kappa shape index (κ1) is 30.5. The highest BCUT2D eigenvalue weighted by molar-refractivity contribution is 5.89. The summed E-state index contributed by atoms with van der Waals surface area (Å²) in [7, 11) is 1.60. The molecular formula is C32H49NO4. The summed E-state index contributed by atoms with van der Waals surface area (Å²) in [6.07, 6.45) is 15.4. The van der Waals surface area contributed by atoms with Gasteiger partial charge < -0.3 is 18.8 Å². The number of fused-ring (bicyclic) bond motifs is 1. The second-order valence-corrected chi connectivity index (χ2v) is 10.1. The second kappa shape index (κ2) is 16.9. The molecule has 2 aromatic rings. The zero-order valence-electron chi connectivity index (χ0n) is 24.2. The molecule has 206 valence electrons. The summed E-state index contributed by atoms with van der Waals surface area (Å²) in [4.78, 5) is 13.7. The van der Waals surface area contributed by atoms with E-state index < -0.39 is 0 Å². The number of nitrogens with zero attached hydrogens (tertiary/aromatic N) is 1. The fraction of sp³-hybridized carbons (Fsp3) is 0.594. The first-order valence-corrected chi connectivity index (χ1v) is 14.2. The summed E-state index contributed by atoms with van der Waals surface area (Å²) >= 11 is 0. The third-order valence-electron chi connectivity index (χ3n) is 6.61. The van der Waals surface area contributed by atoms with Gasteiger partial charge in [0.1, 0.15) is 12.4 Å². The number of methoxy groups -OCH3 is 1. The van der Waals surface area contributed by atoms with Gasteiger partial charge in [-0.3, -0.25) is 4.79 Å². The Hall–Kier alpha value is -2.69. The Bertz CT molecular complexity index is 1080. The van der Waals surface area contributed by atoms with Crippen LogP contribution in [0.4, 0.5) is 0 Å². The monoisotopic (exact) mass is 511 g/mol. The molecule has 0 saturated carbocycles. The number of benzene rings is 1. The first-order chi connectivity index (χ1) is 17.9. The fourth-order valence-electron chi connectivity index (χ4n) is 4.36. The topological polar surface area (TPSA) is 49.7 Å². The Morgan fingerprint density at radius 2 is 1.62 bits per heavy atom. The van der Waals surface area contributed by atoms with Gasteiger partial charge >= 0.3 is 0 Å². The van der Waals surface area contributed by atoms with Crippen molar-refractivity contribution in [3.05, 3.63) is 51.9 Å². The van der Waals surface area contributed by atoms with Crippen molar-refractivity contribution >= 4 is 10.9 Å². The molecule has 0 saturated heterocycles. The molecule has 1 aromatic heterocycles. The number of hydrogen-bond donors (Lipinski definition) is 0. The van der Waals surface area contributed by atoms with E-state index in [4.69, 9.17) is 14.2 Å². The van der Waals surface area contributed by atoms with Gasteiger partial charge in [0.15, 0.2) is 5.75 Å². The van der Waals surface area contributed by atoms with Crippen LogP contribution in [0.3, 0.4) is 0 Å². The van der Waals surface area contributed by atoms with Crippen LogP contribution in [0.25, 0.3) is 10.9 Å². The molecule has 0 radical (unpaired) electrons. The molecule has 1 aromatic carbocycles. The van der Waals surface area contributed by atoms with Gasteiger partial charge in [-0.25, -0.2) is 0 Å². The Morgan fingerprint density at radius 3 is 2.32 bits per heavy atom. The maximum Gasteiger partial charge on any atom is 0.297 e. The van der Waals surface area contributed by atoms with E-state index in [-0.39, 0.29) is 11.3 Å². The van der Waals surface area contributed by atoms with Crippen LogP contribution in [0, 0.1) is 0 Å². The van der Waals surface area contributed by atoms with Crippen molar-refractivity contribution in [2.75, 3.05) is 20.3 Å². The number of ether oxygens (including phenoxy) is 3. The van der Waals surface area contributed by atoms with E-state index in [1.165, 1.54) is 36.8 Å². The lowest BCUT2D eigenvalue weighted by Gasteiger charge is -2.18. The zero-order valence-corrected chi connectivity index (χ0v) is 24.2. The third kappa shape index (κ3) is 9.94. The van der Waals surface area contributed by atoms with Crippen LogP contribution < -0.4 is 19.8 Å². The Morgan fingerprint density at radius 1 is 0.892 bits per heavy atom. The SMILES string of the molecule is CCCCCCCCn1c(=O)c(OC/C=C(\C)CCC=C(C)C)c(OC)c2ccc(OCCCC)cc21. The molecule has 37 heavy (non-hydrogen) atoms. The predicted octanol–water partition coefficient (Wildman–Crippen LogP) is 8.62. The number of allylic oxidation sites excluding steroid dienone is 3. The van der Waals surface area contributed by atoms with Gasteiger partial charge in [-0.05, 0) is 64.7 Å². The van der Waals surface area contributed by atoms with Crippen molar-refractivity contribution in [3.63, 3.8) is 0 Å². The normalized spacial score (nSPS) is 11.6. The van der Waals surface area contributed by atoms with Crippen LogP contribution >= 0.6 is 0 Å². The average Bonchev–Trinajstić information content (AvgIpc) is 2.87. The molecule has 0 amide bonds. The van der Waals surface area contributed by atoms with E-state index >= 15 is 0 Å². The predicted molar refractivity (Wildman–Crippen MR) is 156 cm³/mol. The van der Waals surface area contributed by atoms with Gasteiger partial charge in [-0.2, -0.15) is 0 Å². The maximum atomic E-state index is 13.7. The van der Waals surface area contributed by atoms with Crippen molar-refractivity contribution in [2.24, 2.45) is 0 Å². The molecule has 2 rings (SSSR count). The standard InChI is InChI=1S/C32H49NO4/c1-7-9-11-12-13-14-21-33-29-24-27(36-22-10-8-2)18-19-28(29)30(35-6)31(32(33)34)37-23-20-26(5)17-15-16-25(3)4/h16,18-20,24H,7-15,17,21-23H2,1-6H3/b26-20+. The van der Waals surface area contributed by atoms with Crippen molar-refractivity contribution in [3.8, 4) is 17.2 Å². The summed E-state index contributed by atoms with van der Waals surface area (Å²) in [6.45, 7) is 12.4. The molecule has 1 heterocycles. The Labute approximate surface area is 224 Å². The summed E-state index contributed by atoms with van der Waals surface area (Å²) in [5.41, 5.74) is 3.28. The number of aromatic nitrogens is 1. The van der Waals surface area contributed by atoms with Crippen LogP contribution in [-0.2, 0) is 6.54 Å². The molecule has 5 heteroatoms. The van der Waals surface area contributed by atoms with Gasteiger partial charge in [-0.15, -0.1) is 0 Å². The lowest BCUT2D eigenvalue weighted by Crippen LogP contribution is -2.24. The van der Waals surface area contributed by atoms with E-state index in [2.05, 4.69) is 46.8 Å². The Kier molecular flexibility index (Phi) is 14.0. The zero-order chi connectivity index (χ0) is 27.0. The number of hydrogen-bond acceptors (Lipinski definition) is 4. The summed E-state index contributed by atoms with van der Waals surface area (Å²) < 4.78 is 19.7. The van der Waals surface area contributed by atoms with Crippen LogP contribution in [-0.4, -0.2) is 24.9 Å². The highest BCUT2D eigenvalue weighted by atomic mass is 16.5. The van der Waals surface area contributed by atoms with Crippen molar-refractivity contribution in [1.29, 1.82) is 0 Å². The maximum absolute atomic E-state index is 13.7. The fourth-order valence-corrected chi connectivity index (χ4v) is 4.36. The number of pyridine rings is 1. The summed E-state index contributed by atoms with van der Waals surface area (Å²) in [5, 5.41) is 0.871. The molecule has 0 aliphatic rings. The largest absolute Gasteiger partial charge is 0.494 e. The van der Waals surface area contributed by atoms with E-state index in [1.807, 2.05) is 22.8 Å². The molecule has 0 aliphatic carbocycles. The minimum Gasteiger partial charge on any atom is -0.494 e. The number of unbranched alkanes of at least 4 members (excludes halogenated alkanes) is 6. The third-order valence-corrected chi connectivity index (χ3v) is 6.61. The van der Waals surface area contributed by atoms with Crippen LogP contribution in [0.5, 0.6) is 17.2 Å². The Balaban J connectivity index is 2.34. The summed E-state index contributed by atoms with van der Waals surface area (Å²) in [6, 6.07) is 5.92. The second-order valence-electron chi connectivity index (χ2n) is 10.1. The van der Waals surface area contributed by atoms with Gasteiger partial charge in [0.25, 0.3) is 5.56 Å². The van der Waals surface area contributed by atoms with Gasteiger partial charge in [0.2, 0.25) is 5.75 Å². The van der Waals surface area contributed by atoms with E-state index in [9.17, 15) is 4.79 Å². The number of rotatable bonds is 18. The van der Waals surface area contributed by atoms with E-state index in [0.29, 0.717) is 25.5 Å². The minimum atomic E-state index is -0.140. The molecule has 0 aliphatic heterocycles. The minimum absolute atomic E-state index is 0.140. The van der Waals surface area contributed by atoms with Crippen molar-refractivity contribution in [1.82, 2.24) is 4.57 Å². The molecule has 0 N–H and O–H groups in total. The molecule has 0 atom stereocenters. The molecule has 5 nitrogen and oxygen atoms in total. The molecular weight excluding hydrogens is 462 g/mol. The molecule has 0 unspecified atom stereocenters. The highest BCUT2D eigenvalue weighted by Crippen LogP contribution is 2.34. The highest BCUT2D eigenvalue weighted by Gasteiger charge is 2.19. The smallest absolute Gasteiger partial charge is 0.297 e. The van der Waals surface area contributed by atoms with Crippen LogP contribution in [0.15, 0.2) is 46.3 Å². The molecule has 0 bridgehead atoms. The van der Waals surface area contributed by atoms with Crippen molar-refractivity contribution < 1.29 is 14.2 Å². The summed E-state index contributed by atoms with van der Waals surface area (Å²) in [5.74, 6) is 1.56. The van der Waals surface area contributed by atoms with Crippen LogP contribution in [0.1, 0.15) is 98.8 Å². The van der Waals surface area contributed by atoms with E-state index in [0.717, 1.165) is 55.2 Å². The van der Waals surface area contributed by atoms with Gasteiger partial charge in [0, 0.05) is 18.0 Å². The van der Waals surface area contributed by atoms with Gasteiger partial charge in [-0.1, -0.05) is 69.6 Å². The molecule has 0 spiro atoms. The van der Waals surface area contributed by atoms with Crippen LogP contribution in [0.2, 0.25) is 0 Å². The molecule has 0 fully saturated rings. The lowest BCUT2D eigenvalue weighted by atomic mass is 10.1. The number of aryl methyl sites for hydroxylation is 1. The quantitative estimate of drug-likeness (QED) is 0.148. The van der Waals surface area contributed by atoms with Gasteiger partial charge in [0.05, 0.1) is 19.2 Å². The average molecular weight is 512 g/mol. The van der Waals surface area contributed by atoms with Crippen molar-refractivity contribution in [2.45, 2.75) is 105 Å². The lowest BCUT2D eigenvalue weighted by molar-refractivity contribution is 0.309. The van der Waals surface area contributed by atoms with E-state index in [1.54, 1.807) is 7.11 Å². The first-order valence-electron chi connectivity index (χ1n) is 14.2.